The van der Waals surface area contributed by atoms with Crippen LogP contribution in [0, 0.1) is 17.6 Å². The second-order valence-corrected chi connectivity index (χ2v) is 9.73. The SMILES string of the molecule is O=C(COc1ccccc1Cl)OCC(=O)N1N=C2C(=Cc3ccc(F)cc3)CCCC2C1c1ccc(F)cc1. The predicted molar refractivity (Wildman–Crippen MR) is 143 cm³/mol. The average Bonchev–Trinajstić information content (AvgIpc) is 3.34. The number of hydrazone groups is 1. The van der Waals surface area contributed by atoms with E-state index < -0.39 is 31.1 Å². The number of carbonyl (C=O) groups excluding carboxylic acids is 2. The smallest absolute Gasteiger partial charge is 0.344 e. The van der Waals surface area contributed by atoms with E-state index in [1.807, 2.05) is 6.08 Å². The second kappa shape index (κ2) is 11.8. The molecule has 9 heteroatoms. The molecule has 1 heterocycles. The van der Waals surface area contributed by atoms with E-state index in [1.165, 1.54) is 29.3 Å². The number of halogens is 3. The van der Waals surface area contributed by atoms with Gasteiger partial charge in [0.15, 0.2) is 13.2 Å². The van der Waals surface area contributed by atoms with E-state index in [1.54, 1.807) is 48.5 Å². The molecule has 0 saturated heterocycles. The highest BCUT2D eigenvalue weighted by Crippen LogP contribution is 2.44. The van der Waals surface area contributed by atoms with Gasteiger partial charge in [0.25, 0.3) is 5.91 Å². The molecule has 1 fully saturated rings. The first-order valence-corrected chi connectivity index (χ1v) is 12.9. The van der Waals surface area contributed by atoms with Crippen LogP contribution in [0.2, 0.25) is 5.02 Å². The molecule has 1 amide bonds. The lowest BCUT2D eigenvalue weighted by molar-refractivity contribution is -0.154. The molecule has 0 N–H and O–H groups in total. The van der Waals surface area contributed by atoms with Crippen molar-refractivity contribution in [2.24, 2.45) is 11.0 Å². The van der Waals surface area contributed by atoms with Gasteiger partial charge in [0.05, 0.1) is 16.8 Å². The zero-order valence-electron chi connectivity index (χ0n) is 20.9. The van der Waals surface area contributed by atoms with Gasteiger partial charge >= 0.3 is 5.97 Å². The van der Waals surface area contributed by atoms with Gasteiger partial charge in [0.1, 0.15) is 17.4 Å². The Labute approximate surface area is 229 Å². The molecule has 39 heavy (non-hydrogen) atoms. The normalized spacial score (nSPS) is 19.4. The summed E-state index contributed by atoms with van der Waals surface area (Å²) in [5.41, 5.74) is 3.25. The molecule has 3 aromatic rings. The van der Waals surface area contributed by atoms with E-state index in [2.05, 4.69) is 0 Å². The largest absolute Gasteiger partial charge is 0.480 e. The molecule has 2 atom stereocenters. The third-order valence-corrected chi connectivity index (χ3v) is 7.03. The van der Waals surface area contributed by atoms with Crippen molar-refractivity contribution in [2.45, 2.75) is 25.3 Å². The summed E-state index contributed by atoms with van der Waals surface area (Å²) in [5.74, 6) is -1.75. The molecule has 3 aromatic carbocycles. The van der Waals surface area contributed by atoms with Crippen LogP contribution in [0.5, 0.6) is 5.75 Å². The lowest BCUT2D eigenvalue weighted by atomic mass is 9.77. The Morgan fingerprint density at radius 2 is 1.67 bits per heavy atom. The van der Waals surface area contributed by atoms with Crippen molar-refractivity contribution in [1.82, 2.24) is 5.01 Å². The fourth-order valence-electron chi connectivity index (χ4n) is 4.91. The lowest BCUT2D eigenvalue weighted by Crippen LogP contribution is -2.35. The van der Waals surface area contributed by atoms with Crippen LogP contribution in [0.4, 0.5) is 8.78 Å². The molecule has 0 spiro atoms. The number of hydrogen-bond donors (Lipinski definition) is 0. The first kappa shape index (κ1) is 26.6. The van der Waals surface area contributed by atoms with Gasteiger partial charge in [-0.1, -0.05) is 48.0 Å². The van der Waals surface area contributed by atoms with Gasteiger partial charge in [0.2, 0.25) is 0 Å². The molecule has 200 valence electrons. The Kier molecular flexibility index (Phi) is 8.02. The van der Waals surface area contributed by atoms with Crippen molar-refractivity contribution in [3.05, 3.63) is 106 Å². The van der Waals surface area contributed by atoms with Gasteiger partial charge < -0.3 is 9.47 Å². The van der Waals surface area contributed by atoms with Crippen LogP contribution in [-0.4, -0.2) is 35.8 Å². The lowest BCUT2D eigenvalue weighted by Gasteiger charge is -2.29. The number of rotatable bonds is 7. The molecule has 0 radical (unpaired) electrons. The molecule has 2 aliphatic rings. The molecule has 1 aliphatic carbocycles. The van der Waals surface area contributed by atoms with Crippen LogP contribution in [0.15, 0.2) is 83.5 Å². The van der Waals surface area contributed by atoms with Crippen molar-refractivity contribution in [3.8, 4) is 5.75 Å². The Hall–Kier alpha value is -4.04. The zero-order valence-corrected chi connectivity index (χ0v) is 21.6. The van der Waals surface area contributed by atoms with Gasteiger partial charge in [0, 0.05) is 5.92 Å². The molecular formula is C30H25ClF2N2O4. The maximum atomic E-state index is 13.7. The van der Waals surface area contributed by atoms with Gasteiger partial charge in [-0.2, -0.15) is 5.10 Å². The van der Waals surface area contributed by atoms with Crippen molar-refractivity contribution in [2.75, 3.05) is 13.2 Å². The first-order valence-electron chi connectivity index (χ1n) is 12.5. The quantitative estimate of drug-likeness (QED) is 0.321. The zero-order chi connectivity index (χ0) is 27.4. The molecule has 5 rings (SSSR count). The number of allylic oxidation sites excluding steroid dienone is 1. The van der Waals surface area contributed by atoms with E-state index in [9.17, 15) is 18.4 Å². The van der Waals surface area contributed by atoms with Crippen molar-refractivity contribution < 1.29 is 27.8 Å². The van der Waals surface area contributed by atoms with Crippen LogP contribution in [-0.2, 0) is 14.3 Å². The third kappa shape index (κ3) is 6.17. The van der Waals surface area contributed by atoms with E-state index in [-0.39, 0.29) is 17.6 Å². The van der Waals surface area contributed by atoms with Crippen molar-refractivity contribution in [1.29, 1.82) is 0 Å². The summed E-state index contributed by atoms with van der Waals surface area (Å²) in [7, 11) is 0. The summed E-state index contributed by atoms with van der Waals surface area (Å²) in [6, 6.07) is 18.4. The number of ether oxygens (including phenoxy) is 2. The molecule has 0 bridgehead atoms. The molecular weight excluding hydrogens is 526 g/mol. The second-order valence-electron chi connectivity index (χ2n) is 9.32. The first-order chi connectivity index (χ1) is 18.9. The van der Waals surface area contributed by atoms with Crippen LogP contribution < -0.4 is 4.74 Å². The molecule has 0 aromatic heterocycles. The number of para-hydroxylation sites is 1. The van der Waals surface area contributed by atoms with Crippen LogP contribution in [0.3, 0.4) is 0 Å². The van der Waals surface area contributed by atoms with Gasteiger partial charge in [-0.3, -0.25) is 4.79 Å². The Morgan fingerprint density at radius 3 is 2.38 bits per heavy atom. The standard InChI is InChI=1S/C30H25ClF2N2O4/c31-25-6-1-2-7-26(25)38-18-28(37)39-17-27(36)35-30(20-10-14-23(33)15-11-20)24-5-3-4-21(29(24)34-35)16-19-8-12-22(32)13-9-19/h1-2,6-16,24,30H,3-5,17-18H2. The van der Waals surface area contributed by atoms with Gasteiger partial charge in [-0.15, -0.1) is 0 Å². The number of hydrogen-bond acceptors (Lipinski definition) is 5. The van der Waals surface area contributed by atoms with E-state index in [0.717, 1.165) is 41.7 Å². The summed E-state index contributed by atoms with van der Waals surface area (Å²) in [6.07, 6.45) is 4.34. The number of nitrogens with zero attached hydrogens (tertiary/aromatic N) is 2. The highest BCUT2D eigenvalue weighted by molar-refractivity contribution is 6.32. The number of benzene rings is 3. The van der Waals surface area contributed by atoms with Gasteiger partial charge in [-0.05, 0) is 78.4 Å². The summed E-state index contributed by atoms with van der Waals surface area (Å²) in [4.78, 5) is 25.6. The highest BCUT2D eigenvalue weighted by Gasteiger charge is 2.43. The molecule has 6 nitrogen and oxygen atoms in total. The Bertz CT molecular complexity index is 1420. The summed E-state index contributed by atoms with van der Waals surface area (Å²) in [5, 5.41) is 6.38. The topological polar surface area (TPSA) is 68.2 Å². The average molecular weight is 551 g/mol. The minimum absolute atomic E-state index is 0.126. The van der Waals surface area contributed by atoms with Crippen LogP contribution >= 0.6 is 11.6 Å². The predicted octanol–water partition coefficient (Wildman–Crippen LogP) is 6.36. The monoisotopic (exact) mass is 550 g/mol. The maximum absolute atomic E-state index is 13.7. The third-order valence-electron chi connectivity index (χ3n) is 6.72. The van der Waals surface area contributed by atoms with E-state index in [0.29, 0.717) is 10.8 Å². The molecule has 2 unspecified atom stereocenters. The number of amides is 1. The summed E-state index contributed by atoms with van der Waals surface area (Å²) < 4.78 is 37.7. The van der Waals surface area contributed by atoms with Crippen molar-refractivity contribution in [3.63, 3.8) is 0 Å². The number of esters is 1. The fraction of sp³-hybridized carbons (Fsp3) is 0.233. The molecule has 1 aliphatic heterocycles. The maximum Gasteiger partial charge on any atom is 0.344 e. The van der Waals surface area contributed by atoms with Crippen LogP contribution in [0.25, 0.3) is 6.08 Å². The van der Waals surface area contributed by atoms with Crippen LogP contribution in [0.1, 0.15) is 36.4 Å². The fourth-order valence-corrected chi connectivity index (χ4v) is 5.10. The minimum Gasteiger partial charge on any atom is -0.480 e. The molecule has 1 saturated carbocycles. The van der Waals surface area contributed by atoms with Crippen molar-refractivity contribution >= 4 is 35.3 Å². The van der Waals surface area contributed by atoms with E-state index in [4.69, 9.17) is 26.2 Å². The highest BCUT2D eigenvalue weighted by atomic mass is 35.5. The Balaban J connectivity index is 1.35. The summed E-state index contributed by atoms with van der Waals surface area (Å²) in [6.45, 7) is -0.955. The minimum atomic E-state index is -0.734. The van der Waals surface area contributed by atoms with Gasteiger partial charge in [-0.25, -0.2) is 18.6 Å². The van der Waals surface area contributed by atoms with E-state index >= 15 is 0 Å². The number of fused-ring (bicyclic) bond motifs is 1. The number of carbonyl (C=O) groups is 2. The summed E-state index contributed by atoms with van der Waals surface area (Å²) >= 11 is 6.04. The Morgan fingerprint density at radius 1 is 0.974 bits per heavy atom.